The van der Waals surface area contributed by atoms with Gasteiger partial charge in [0.1, 0.15) is 5.82 Å². The molecule has 8 heteroatoms. The smallest absolute Gasteiger partial charge is 0.210 e. The van der Waals surface area contributed by atoms with Crippen molar-refractivity contribution >= 4 is 45.5 Å². The molecule has 0 unspecified atom stereocenters. The molecule has 0 amide bonds. The second-order valence-electron chi connectivity index (χ2n) is 5.16. The maximum Gasteiger partial charge on any atom is 0.210 e. The van der Waals surface area contributed by atoms with E-state index in [1.165, 1.54) is 53.0 Å². The van der Waals surface area contributed by atoms with Gasteiger partial charge in [-0.3, -0.25) is 0 Å². The summed E-state index contributed by atoms with van der Waals surface area (Å²) in [4.78, 5) is 4.56. The SMILES string of the molecule is Cc1cccc(Nc2nnc(Sc3nc(C4CC4)ns3)s2)c1. The summed E-state index contributed by atoms with van der Waals surface area (Å²) in [6, 6.07) is 8.20. The lowest BCUT2D eigenvalue weighted by Crippen LogP contribution is -1.89. The van der Waals surface area contributed by atoms with E-state index in [4.69, 9.17) is 0 Å². The van der Waals surface area contributed by atoms with Crippen LogP contribution in [0.25, 0.3) is 0 Å². The van der Waals surface area contributed by atoms with Gasteiger partial charge in [-0.15, -0.1) is 10.2 Å². The Hall–Kier alpha value is -1.51. The maximum atomic E-state index is 4.56. The van der Waals surface area contributed by atoms with Crippen LogP contribution >= 0.6 is 34.6 Å². The molecule has 22 heavy (non-hydrogen) atoms. The van der Waals surface area contributed by atoms with Gasteiger partial charge in [-0.05, 0) is 60.8 Å². The molecule has 1 saturated carbocycles. The molecule has 0 atom stereocenters. The Morgan fingerprint density at radius 2 is 2.14 bits per heavy atom. The fourth-order valence-corrected chi connectivity index (χ4v) is 4.65. The summed E-state index contributed by atoms with van der Waals surface area (Å²) in [6.07, 6.45) is 2.45. The number of aromatic nitrogens is 4. The van der Waals surface area contributed by atoms with Gasteiger partial charge in [0, 0.05) is 11.6 Å². The van der Waals surface area contributed by atoms with Gasteiger partial charge in [0.15, 0.2) is 8.68 Å². The van der Waals surface area contributed by atoms with Crippen molar-refractivity contribution in [2.75, 3.05) is 5.32 Å². The lowest BCUT2D eigenvalue weighted by atomic mass is 10.2. The van der Waals surface area contributed by atoms with Crippen molar-refractivity contribution in [3.05, 3.63) is 35.7 Å². The topological polar surface area (TPSA) is 63.6 Å². The zero-order valence-electron chi connectivity index (χ0n) is 11.8. The first-order valence-corrected chi connectivity index (χ1v) is 9.35. The van der Waals surface area contributed by atoms with Crippen molar-refractivity contribution in [1.82, 2.24) is 19.6 Å². The zero-order valence-corrected chi connectivity index (χ0v) is 14.3. The van der Waals surface area contributed by atoms with Crippen LogP contribution in [0.5, 0.6) is 0 Å². The van der Waals surface area contributed by atoms with E-state index in [1.54, 1.807) is 0 Å². The van der Waals surface area contributed by atoms with E-state index in [0.29, 0.717) is 5.92 Å². The van der Waals surface area contributed by atoms with Crippen LogP contribution in [-0.2, 0) is 0 Å². The van der Waals surface area contributed by atoms with E-state index in [0.717, 1.165) is 25.3 Å². The van der Waals surface area contributed by atoms with Crippen LogP contribution in [0.2, 0.25) is 0 Å². The summed E-state index contributed by atoms with van der Waals surface area (Å²) in [6.45, 7) is 2.07. The highest BCUT2D eigenvalue weighted by molar-refractivity contribution is 8.02. The molecule has 2 aromatic heterocycles. The van der Waals surface area contributed by atoms with Gasteiger partial charge in [-0.1, -0.05) is 23.5 Å². The van der Waals surface area contributed by atoms with Gasteiger partial charge >= 0.3 is 0 Å². The number of rotatable bonds is 5. The normalized spacial score (nSPS) is 14.2. The van der Waals surface area contributed by atoms with Crippen molar-refractivity contribution in [3.63, 3.8) is 0 Å². The van der Waals surface area contributed by atoms with Crippen LogP contribution in [0.1, 0.15) is 30.1 Å². The molecule has 5 nitrogen and oxygen atoms in total. The number of nitrogens with zero attached hydrogens (tertiary/aromatic N) is 4. The van der Waals surface area contributed by atoms with E-state index in [1.807, 2.05) is 12.1 Å². The Morgan fingerprint density at radius 1 is 1.23 bits per heavy atom. The minimum absolute atomic E-state index is 0.596. The lowest BCUT2D eigenvalue weighted by molar-refractivity contribution is 0.956. The van der Waals surface area contributed by atoms with Gasteiger partial charge in [0.25, 0.3) is 0 Å². The second-order valence-corrected chi connectivity index (χ2v) is 8.39. The molecule has 0 radical (unpaired) electrons. The quantitative estimate of drug-likeness (QED) is 0.734. The van der Waals surface area contributed by atoms with Crippen LogP contribution in [-0.4, -0.2) is 19.6 Å². The molecular weight excluding hydrogens is 334 g/mol. The number of hydrogen-bond donors (Lipinski definition) is 1. The average Bonchev–Trinajstić information content (AvgIpc) is 3.10. The largest absolute Gasteiger partial charge is 0.330 e. The predicted octanol–water partition coefficient (Wildman–Crippen LogP) is 4.47. The standard InChI is InChI=1S/C14H13N5S3/c1-8-3-2-4-10(7-8)15-12-17-18-14(20-12)21-13-16-11(19-22-13)9-5-6-9/h2-4,7,9H,5-6H2,1H3,(H,15,17). The number of benzene rings is 1. The molecule has 4 rings (SSSR count). The molecule has 0 bridgehead atoms. The molecule has 0 aliphatic heterocycles. The number of hydrogen-bond acceptors (Lipinski definition) is 8. The average molecular weight is 347 g/mol. The summed E-state index contributed by atoms with van der Waals surface area (Å²) in [5.74, 6) is 1.59. The highest BCUT2D eigenvalue weighted by Crippen LogP contribution is 2.41. The summed E-state index contributed by atoms with van der Waals surface area (Å²) >= 11 is 4.52. The third-order valence-electron chi connectivity index (χ3n) is 3.22. The first-order chi connectivity index (χ1) is 10.8. The van der Waals surface area contributed by atoms with Crippen LogP contribution in [0.3, 0.4) is 0 Å². The van der Waals surface area contributed by atoms with Crippen molar-refractivity contribution in [3.8, 4) is 0 Å². The molecule has 1 N–H and O–H groups in total. The highest BCUT2D eigenvalue weighted by Gasteiger charge is 2.28. The fraction of sp³-hybridized carbons (Fsp3) is 0.286. The lowest BCUT2D eigenvalue weighted by Gasteiger charge is -2.01. The van der Waals surface area contributed by atoms with E-state index in [2.05, 4.69) is 43.9 Å². The van der Waals surface area contributed by atoms with Gasteiger partial charge in [-0.2, -0.15) is 4.37 Å². The summed E-state index contributed by atoms with van der Waals surface area (Å²) in [5.41, 5.74) is 2.24. The number of aryl methyl sites for hydroxylation is 1. The summed E-state index contributed by atoms with van der Waals surface area (Å²) in [7, 11) is 0. The van der Waals surface area contributed by atoms with Gasteiger partial charge in [0.05, 0.1) is 0 Å². The Kier molecular flexibility index (Phi) is 3.81. The van der Waals surface area contributed by atoms with Crippen molar-refractivity contribution < 1.29 is 0 Å². The minimum Gasteiger partial charge on any atom is -0.330 e. The van der Waals surface area contributed by atoms with E-state index in [9.17, 15) is 0 Å². The molecule has 1 aliphatic rings. The Labute approximate surface area is 140 Å². The van der Waals surface area contributed by atoms with Gasteiger partial charge in [-0.25, -0.2) is 4.98 Å². The van der Waals surface area contributed by atoms with Crippen molar-refractivity contribution in [2.45, 2.75) is 34.4 Å². The van der Waals surface area contributed by atoms with Crippen molar-refractivity contribution in [2.24, 2.45) is 0 Å². The highest BCUT2D eigenvalue weighted by atomic mass is 32.2. The second kappa shape index (κ2) is 5.94. The van der Waals surface area contributed by atoms with E-state index in [-0.39, 0.29) is 0 Å². The third-order valence-corrected chi connectivity index (χ3v) is 5.87. The molecule has 2 heterocycles. The Bertz CT molecular complexity index is 793. The maximum absolute atomic E-state index is 4.56. The third kappa shape index (κ3) is 3.29. The molecular formula is C14H13N5S3. The Morgan fingerprint density at radius 3 is 2.95 bits per heavy atom. The molecule has 1 fully saturated rings. The first kappa shape index (κ1) is 14.1. The molecule has 3 aromatic rings. The van der Waals surface area contributed by atoms with E-state index < -0.39 is 0 Å². The predicted molar refractivity (Wildman–Crippen MR) is 90.4 cm³/mol. The molecule has 0 saturated heterocycles. The van der Waals surface area contributed by atoms with Crippen LogP contribution in [0, 0.1) is 6.92 Å². The van der Waals surface area contributed by atoms with Crippen LogP contribution in [0.15, 0.2) is 32.9 Å². The molecule has 112 valence electrons. The summed E-state index contributed by atoms with van der Waals surface area (Å²) < 4.78 is 6.24. The van der Waals surface area contributed by atoms with Gasteiger partial charge < -0.3 is 5.32 Å². The molecule has 1 aliphatic carbocycles. The van der Waals surface area contributed by atoms with Crippen LogP contribution < -0.4 is 5.32 Å². The Balaban J connectivity index is 1.44. The van der Waals surface area contributed by atoms with Crippen molar-refractivity contribution in [1.29, 1.82) is 0 Å². The minimum atomic E-state index is 0.596. The van der Waals surface area contributed by atoms with Gasteiger partial charge in [0.2, 0.25) is 5.13 Å². The zero-order chi connectivity index (χ0) is 14.9. The summed E-state index contributed by atoms with van der Waals surface area (Å²) in [5, 5.41) is 12.5. The molecule has 0 spiro atoms. The fourth-order valence-electron chi connectivity index (χ4n) is 1.99. The van der Waals surface area contributed by atoms with Crippen LogP contribution in [0.4, 0.5) is 10.8 Å². The number of nitrogens with one attached hydrogen (secondary N) is 1. The first-order valence-electron chi connectivity index (χ1n) is 6.95. The number of anilines is 2. The van der Waals surface area contributed by atoms with E-state index >= 15 is 0 Å². The molecule has 1 aromatic carbocycles. The monoisotopic (exact) mass is 347 g/mol.